The van der Waals surface area contributed by atoms with Gasteiger partial charge in [-0.3, -0.25) is 0 Å². The molecule has 0 heterocycles. The Morgan fingerprint density at radius 1 is 1.33 bits per heavy atom. The summed E-state index contributed by atoms with van der Waals surface area (Å²) in [6.45, 7) is 8.28. The van der Waals surface area contributed by atoms with Crippen molar-refractivity contribution in [2.45, 2.75) is 46.3 Å². The first kappa shape index (κ1) is 16.6. The van der Waals surface area contributed by atoms with Crippen molar-refractivity contribution < 1.29 is 19.7 Å². The van der Waals surface area contributed by atoms with Gasteiger partial charge >= 0.3 is 6.09 Å². The molecule has 0 saturated carbocycles. The second-order valence-electron chi connectivity index (χ2n) is 3.46. The highest BCUT2D eigenvalue weighted by atomic mass is 16.6. The summed E-state index contributed by atoms with van der Waals surface area (Å²) < 4.78 is 4.78. The maximum absolute atomic E-state index is 11.0. The summed E-state index contributed by atoms with van der Waals surface area (Å²) in [6, 6.07) is 0. The molecule has 0 unspecified atom stereocenters. The highest BCUT2D eigenvalue weighted by Gasteiger charge is 2.25. The third kappa shape index (κ3) is 8.20. The number of carbonyl (C=O) groups is 1. The summed E-state index contributed by atoms with van der Waals surface area (Å²) in [5, 5.41) is 20.0. The van der Waals surface area contributed by atoms with Gasteiger partial charge in [-0.15, -0.1) is 0 Å². The molecule has 15 heavy (non-hydrogen) atoms. The number of aliphatic hydroxyl groups excluding tert-OH is 2. The minimum absolute atomic E-state index is 0.221. The molecule has 0 rings (SSSR count). The molecule has 3 N–H and O–H groups in total. The number of hydrogen-bond donors (Lipinski definition) is 3. The summed E-state index contributed by atoms with van der Waals surface area (Å²) in [7, 11) is 0. The minimum atomic E-state index is -1.02. The van der Waals surface area contributed by atoms with Gasteiger partial charge in [-0.1, -0.05) is 13.8 Å². The Balaban J connectivity index is 0. The van der Waals surface area contributed by atoms with Gasteiger partial charge in [0.2, 0.25) is 0 Å². The molecule has 0 saturated heterocycles. The van der Waals surface area contributed by atoms with Crippen molar-refractivity contribution in [1.82, 2.24) is 5.32 Å². The molecule has 0 aliphatic rings. The monoisotopic (exact) mass is 221 g/mol. The van der Waals surface area contributed by atoms with Gasteiger partial charge in [-0.2, -0.15) is 0 Å². The highest BCUT2D eigenvalue weighted by Crippen LogP contribution is 2.01. The van der Waals surface area contributed by atoms with Crippen LogP contribution in [0, 0.1) is 0 Å². The van der Waals surface area contributed by atoms with Crippen molar-refractivity contribution in [2.24, 2.45) is 0 Å². The van der Waals surface area contributed by atoms with Crippen molar-refractivity contribution >= 4 is 6.09 Å². The zero-order chi connectivity index (χ0) is 12.5. The molecule has 0 aromatic heterocycles. The molecule has 0 bridgehead atoms. The predicted molar refractivity (Wildman–Crippen MR) is 58.7 cm³/mol. The predicted octanol–water partition coefficient (Wildman–Crippen LogP) is 0.890. The van der Waals surface area contributed by atoms with Gasteiger partial charge in [0.15, 0.2) is 0 Å². The van der Waals surface area contributed by atoms with Crippen LogP contribution in [0.25, 0.3) is 0 Å². The standard InChI is InChI=1S/C8H17NO4.C2H6/c1-6(2)13-7(12)9-8(3,4-10)5-11;1-2/h6,10-11H,4-5H2,1-3H3,(H,9,12);1-2H3. The fraction of sp³-hybridized carbons (Fsp3) is 0.900. The molecule has 0 aromatic rings. The maximum Gasteiger partial charge on any atom is 0.407 e. The van der Waals surface area contributed by atoms with E-state index < -0.39 is 11.6 Å². The fourth-order valence-corrected chi connectivity index (χ4v) is 0.619. The maximum atomic E-state index is 11.0. The van der Waals surface area contributed by atoms with Gasteiger partial charge in [0.05, 0.1) is 24.9 Å². The normalized spacial score (nSPS) is 10.4. The van der Waals surface area contributed by atoms with E-state index in [1.165, 1.54) is 6.92 Å². The van der Waals surface area contributed by atoms with Gasteiger partial charge in [0, 0.05) is 0 Å². The van der Waals surface area contributed by atoms with Crippen LogP contribution in [0.2, 0.25) is 0 Å². The Labute approximate surface area is 91.4 Å². The molecule has 0 fully saturated rings. The number of ether oxygens (including phenoxy) is 1. The molecule has 1 amide bonds. The average molecular weight is 221 g/mol. The van der Waals surface area contributed by atoms with E-state index in [0.717, 1.165) is 0 Å². The van der Waals surface area contributed by atoms with Gasteiger partial charge in [0.1, 0.15) is 0 Å². The van der Waals surface area contributed by atoms with Gasteiger partial charge in [0.25, 0.3) is 0 Å². The number of carbonyl (C=O) groups excluding carboxylic acids is 1. The van der Waals surface area contributed by atoms with Crippen molar-refractivity contribution in [1.29, 1.82) is 0 Å². The molecule has 0 atom stereocenters. The van der Waals surface area contributed by atoms with Crippen LogP contribution in [0.15, 0.2) is 0 Å². The topological polar surface area (TPSA) is 78.8 Å². The molecule has 0 spiro atoms. The van der Waals surface area contributed by atoms with Crippen LogP contribution in [-0.2, 0) is 4.74 Å². The fourth-order valence-electron chi connectivity index (χ4n) is 0.619. The first-order valence-electron chi connectivity index (χ1n) is 5.14. The molecule has 0 aliphatic carbocycles. The van der Waals surface area contributed by atoms with Crippen LogP contribution in [0.3, 0.4) is 0 Å². The lowest BCUT2D eigenvalue weighted by molar-refractivity contribution is 0.0716. The van der Waals surface area contributed by atoms with Gasteiger partial charge < -0.3 is 20.3 Å². The average Bonchev–Trinajstić information content (AvgIpc) is 2.19. The zero-order valence-corrected chi connectivity index (χ0v) is 10.2. The molecular weight excluding hydrogens is 198 g/mol. The van der Waals surface area contributed by atoms with E-state index >= 15 is 0 Å². The molecule has 92 valence electrons. The second kappa shape index (κ2) is 8.49. The van der Waals surface area contributed by atoms with Gasteiger partial charge in [-0.25, -0.2) is 4.79 Å². The van der Waals surface area contributed by atoms with Gasteiger partial charge in [-0.05, 0) is 20.8 Å². The Hall–Kier alpha value is -0.810. The summed E-state index contributed by atoms with van der Waals surface area (Å²) in [4.78, 5) is 11.0. The smallest absolute Gasteiger partial charge is 0.407 e. The van der Waals surface area contributed by atoms with E-state index in [2.05, 4.69) is 5.32 Å². The summed E-state index contributed by atoms with van der Waals surface area (Å²) in [6.07, 6.45) is -0.859. The van der Waals surface area contributed by atoms with Crippen LogP contribution in [-0.4, -0.2) is 41.2 Å². The molecule has 0 radical (unpaired) electrons. The summed E-state index contributed by atoms with van der Waals surface area (Å²) in [5.74, 6) is 0. The Morgan fingerprint density at radius 2 is 1.73 bits per heavy atom. The van der Waals surface area contributed by atoms with E-state index in [0.29, 0.717) is 0 Å². The Morgan fingerprint density at radius 3 is 2.00 bits per heavy atom. The van der Waals surface area contributed by atoms with E-state index in [4.69, 9.17) is 14.9 Å². The first-order valence-corrected chi connectivity index (χ1v) is 5.14. The highest BCUT2D eigenvalue weighted by molar-refractivity contribution is 5.68. The van der Waals surface area contributed by atoms with E-state index in [9.17, 15) is 4.79 Å². The number of hydrogen-bond acceptors (Lipinski definition) is 4. The van der Waals surface area contributed by atoms with Crippen molar-refractivity contribution in [3.63, 3.8) is 0 Å². The van der Waals surface area contributed by atoms with Crippen molar-refractivity contribution in [3.8, 4) is 0 Å². The first-order chi connectivity index (χ1) is 6.93. The molecular formula is C10H23NO4. The number of amides is 1. The molecule has 0 aromatic carbocycles. The zero-order valence-electron chi connectivity index (χ0n) is 10.2. The van der Waals surface area contributed by atoms with Crippen molar-refractivity contribution in [3.05, 3.63) is 0 Å². The lowest BCUT2D eigenvalue weighted by Crippen LogP contribution is -2.52. The number of aliphatic hydroxyl groups is 2. The quantitative estimate of drug-likeness (QED) is 0.658. The van der Waals surface area contributed by atoms with Crippen molar-refractivity contribution in [2.75, 3.05) is 13.2 Å². The third-order valence-electron chi connectivity index (χ3n) is 1.44. The third-order valence-corrected chi connectivity index (χ3v) is 1.44. The van der Waals surface area contributed by atoms with Crippen LogP contribution in [0.5, 0.6) is 0 Å². The Kier molecular flexibility index (Phi) is 9.41. The largest absolute Gasteiger partial charge is 0.447 e. The number of rotatable bonds is 4. The van der Waals surface area contributed by atoms with Crippen LogP contribution in [0.4, 0.5) is 4.79 Å². The number of nitrogens with one attached hydrogen (secondary N) is 1. The molecule has 5 heteroatoms. The van der Waals surface area contributed by atoms with E-state index in [1.54, 1.807) is 13.8 Å². The van der Waals surface area contributed by atoms with Crippen LogP contribution < -0.4 is 5.32 Å². The van der Waals surface area contributed by atoms with E-state index in [-0.39, 0.29) is 19.3 Å². The lowest BCUT2D eigenvalue weighted by Gasteiger charge is -2.26. The Bertz CT molecular complexity index is 167. The summed E-state index contributed by atoms with van der Waals surface area (Å²) >= 11 is 0. The minimum Gasteiger partial charge on any atom is -0.447 e. The van der Waals surface area contributed by atoms with Crippen LogP contribution >= 0.6 is 0 Å². The summed E-state index contributed by atoms with van der Waals surface area (Å²) in [5.41, 5.74) is -1.02. The molecule has 5 nitrogen and oxygen atoms in total. The lowest BCUT2D eigenvalue weighted by atomic mass is 10.1. The second-order valence-corrected chi connectivity index (χ2v) is 3.46. The number of alkyl carbamates (subject to hydrolysis) is 1. The molecule has 0 aliphatic heterocycles. The van der Waals surface area contributed by atoms with Crippen LogP contribution in [0.1, 0.15) is 34.6 Å². The van der Waals surface area contributed by atoms with E-state index in [1.807, 2.05) is 13.8 Å². The SMILES string of the molecule is CC.CC(C)OC(=O)NC(C)(CO)CO.